The maximum Gasteiger partial charge on any atom is 0.248 e. The molecule has 6 nitrogen and oxygen atoms in total. The van der Waals surface area contributed by atoms with Crippen molar-refractivity contribution in [2.24, 2.45) is 0 Å². The Bertz CT molecular complexity index is 544. The topological polar surface area (TPSA) is 73.5 Å². The molecule has 2 heterocycles. The van der Waals surface area contributed by atoms with Crippen LogP contribution in [0.2, 0.25) is 0 Å². The summed E-state index contributed by atoms with van der Waals surface area (Å²) in [7, 11) is -1.71. The molecule has 0 aliphatic carbocycles. The first-order chi connectivity index (χ1) is 8.01. The number of nitrogens with zero attached hydrogens (tertiary/aromatic N) is 2. The molecule has 17 heavy (non-hydrogen) atoms. The molecule has 1 fully saturated rings. The number of sulfonamides is 1. The van der Waals surface area contributed by atoms with Gasteiger partial charge >= 0.3 is 0 Å². The molecule has 94 valence electrons. The summed E-state index contributed by atoms with van der Waals surface area (Å²) in [5.74, 6) is 0. The normalized spacial score (nSPS) is 19.4. The molecule has 0 bridgehead atoms. The average Bonchev–Trinajstić information content (AvgIpc) is 2.30. The van der Waals surface area contributed by atoms with Crippen LogP contribution in [0.5, 0.6) is 0 Å². The zero-order valence-electron chi connectivity index (χ0n) is 9.59. The number of pyridine rings is 1. The third-order valence-corrected chi connectivity index (χ3v) is 4.79. The monoisotopic (exact) mass is 257 g/mol. The Labute approximate surface area is 99.9 Å². The van der Waals surface area contributed by atoms with E-state index in [9.17, 15) is 13.2 Å². The fourth-order valence-corrected chi connectivity index (χ4v) is 3.23. The van der Waals surface area contributed by atoms with Crippen molar-refractivity contribution in [1.82, 2.24) is 14.2 Å². The second-order valence-electron chi connectivity index (χ2n) is 4.08. The standard InChI is InChI=1S/C10H15N3O3S/c1-12-4-6-13(7-5-12)17(15,16)10-8-11-3-2-9(10)14/h2-3,8H,4-7H2,1H3,(H,11,14). The number of aromatic nitrogens is 1. The molecule has 0 aromatic carbocycles. The van der Waals surface area contributed by atoms with Gasteiger partial charge < -0.3 is 9.88 Å². The van der Waals surface area contributed by atoms with Gasteiger partial charge in [0.2, 0.25) is 15.5 Å². The summed E-state index contributed by atoms with van der Waals surface area (Å²) < 4.78 is 25.8. The van der Waals surface area contributed by atoms with Crippen LogP contribution in [0, 0.1) is 0 Å². The van der Waals surface area contributed by atoms with Crippen molar-refractivity contribution in [1.29, 1.82) is 0 Å². The van der Waals surface area contributed by atoms with Crippen molar-refractivity contribution < 1.29 is 8.42 Å². The summed E-state index contributed by atoms with van der Waals surface area (Å²) in [6, 6.07) is 1.23. The largest absolute Gasteiger partial charge is 0.366 e. The van der Waals surface area contributed by atoms with Gasteiger partial charge in [-0.05, 0) is 7.05 Å². The Morgan fingerprint density at radius 2 is 1.88 bits per heavy atom. The van der Waals surface area contributed by atoms with Crippen LogP contribution in [0.1, 0.15) is 0 Å². The summed E-state index contributed by atoms with van der Waals surface area (Å²) >= 11 is 0. The van der Waals surface area contributed by atoms with Crippen LogP contribution in [0.4, 0.5) is 0 Å². The van der Waals surface area contributed by atoms with Gasteiger partial charge in [-0.25, -0.2) is 8.42 Å². The van der Waals surface area contributed by atoms with Gasteiger partial charge in [-0.1, -0.05) is 0 Å². The molecule has 0 saturated carbocycles. The van der Waals surface area contributed by atoms with E-state index >= 15 is 0 Å². The Morgan fingerprint density at radius 3 is 2.47 bits per heavy atom. The predicted molar refractivity (Wildman–Crippen MR) is 63.3 cm³/mol. The minimum Gasteiger partial charge on any atom is -0.366 e. The van der Waals surface area contributed by atoms with Crippen LogP contribution >= 0.6 is 0 Å². The van der Waals surface area contributed by atoms with Gasteiger partial charge in [0, 0.05) is 44.6 Å². The van der Waals surface area contributed by atoms with Crippen molar-refractivity contribution in [3.63, 3.8) is 0 Å². The van der Waals surface area contributed by atoms with Crippen molar-refractivity contribution in [2.75, 3.05) is 33.2 Å². The van der Waals surface area contributed by atoms with E-state index in [4.69, 9.17) is 0 Å². The minimum absolute atomic E-state index is 0.176. The van der Waals surface area contributed by atoms with Crippen LogP contribution in [0.25, 0.3) is 0 Å². The van der Waals surface area contributed by atoms with Crippen molar-refractivity contribution >= 4 is 10.0 Å². The van der Waals surface area contributed by atoms with Gasteiger partial charge in [-0.2, -0.15) is 4.31 Å². The average molecular weight is 257 g/mol. The van der Waals surface area contributed by atoms with E-state index in [1.54, 1.807) is 0 Å². The van der Waals surface area contributed by atoms with Gasteiger partial charge in [0.1, 0.15) is 4.90 Å². The van der Waals surface area contributed by atoms with Crippen molar-refractivity contribution in [3.8, 4) is 0 Å². The fourth-order valence-electron chi connectivity index (χ4n) is 1.77. The van der Waals surface area contributed by atoms with Crippen LogP contribution < -0.4 is 5.43 Å². The van der Waals surface area contributed by atoms with E-state index in [1.165, 1.54) is 22.8 Å². The fraction of sp³-hybridized carbons (Fsp3) is 0.500. The smallest absolute Gasteiger partial charge is 0.248 e. The molecule has 1 aliphatic heterocycles. The Hall–Kier alpha value is -1.18. The molecule has 0 spiro atoms. The first-order valence-corrected chi connectivity index (χ1v) is 6.81. The summed E-state index contributed by atoms with van der Waals surface area (Å²) in [5, 5.41) is 0. The molecular weight excluding hydrogens is 242 g/mol. The molecule has 0 radical (unpaired) electrons. The quantitative estimate of drug-likeness (QED) is 0.761. The lowest BCUT2D eigenvalue weighted by Crippen LogP contribution is -2.47. The highest BCUT2D eigenvalue weighted by molar-refractivity contribution is 7.89. The molecular formula is C10H15N3O3S. The van der Waals surface area contributed by atoms with E-state index in [-0.39, 0.29) is 4.90 Å². The number of rotatable bonds is 2. The summed E-state index contributed by atoms with van der Waals surface area (Å²) in [4.78, 5) is 16.1. The maximum absolute atomic E-state index is 12.2. The van der Waals surface area contributed by atoms with Crippen LogP contribution in [-0.2, 0) is 10.0 Å². The first-order valence-electron chi connectivity index (χ1n) is 5.37. The lowest BCUT2D eigenvalue weighted by atomic mass is 10.4. The van der Waals surface area contributed by atoms with Crippen molar-refractivity contribution in [3.05, 3.63) is 28.7 Å². The van der Waals surface area contributed by atoms with Gasteiger partial charge in [0.05, 0.1) is 0 Å². The Kier molecular flexibility index (Phi) is 3.32. The van der Waals surface area contributed by atoms with Crippen LogP contribution in [-0.4, -0.2) is 55.8 Å². The summed E-state index contributed by atoms with van der Waals surface area (Å²) in [5.41, 5.74) is -0.470. The van der Waals surface area contributed by atoms with Crippen LogP contribution in [0.3, 0.4) is 0 Å². The highest BCUT2D eigenvalue weighted by Crippen LogP contribution is 2.12. The molecule has 0 atom stereocenters. The zero-order valence-corrected chi connectivity index (χ0v) is 10.4. The number of nitrogens with one attached hydrogen (secondary N) is 1. The van der Waals surface area contributed by atoms with Gasteiger partial charge in [-0.3, -0.25) is 4.79 Å². The zero-order chi connectivity index (χ0) is 12.5. The number of hydrogen-bond acceptors (Lipinski definition) is 4. The second-order valence-corrected chi connectivity index (χ2v) is 5.99. The summed E-state index contributed by atoms with van der Waals surface area (Å²) in [6.07, 6.45) is 2.67. The van der Waals surface area contributed by atoms with Gasteiger partial charge in [0.25, 0.3) is 0 Å². The third kappa shape index (κ3) is 2.41. The van der Waals surface area contributed by atoms with E-state index in [2.05, 4.69) is 9.88 Å². The molecule has 1 aliphatic rings. The molecule has 7 heteroatoms. The predicted octanol–water partition coefficient (Wildman–Crippen LogP) is -0.689. The minimum atomic E-state index is -3.65. The van der Waals surface area contributed by atoms with E-state index in [0.717, 1.165) is 0 Å². The van der Waals surface area contributed by atoms with Crippen LogP contribution in [0.15, 0.2) is 28.2 Å². The second kappa shape index (κ2) is 4.59. The number of likely N-dealkylation sites (N-methyl/N-ethyl adjacent to an activating group) is 1. The molecule has 1 saturated heterocycles. The third-order valence-electron chi connectivity index (χ3n) is 2.87. The highest BCUT2D eigenvalue weighted by atomic mass is 32.2. The Morgan fingerprint density at radius 1 is 1.24 bits per heavy atom. The molecule has 1 aromatic heterocycles. The maximum atomic E-state index is 12.2. The first kappa shape index (κ1) is 12.3. The summed E-state index contributed by atoms with van der Waals surface area (Å²) in [6.45, 7) is 2.22. The molecule has 0 amide bonds. The number of H-pyrrole nitrogens is 1. The van der Waals surface area contributed by atoms with Gasteiger partial charge in [0.15, 0.2) is 0 Å². The van der Waals surface area contributed by atoms with E-state index in [0.29, 0.717) is 26.2 Å². The number of piperazine rings is 1. The Balaban J connectivity index is 2.32. The molecule has 1 N–H and O–H groups in total. The molecule has 0 unspecified atom stereocenters. The van der Waals surface area contributed by atoms with E-state index < -0.39 is 15.5 Å². The molecule has 2 rings (SSSR count). The van der Waals surface area contributed by atoms with E-state index in [1.807, 2.05) is 7.05 Å². The van der Waals surface area contributed by atoms with Gasteiger partial charge in [-0.15, -0.1) is 0 Å². The lowest BCUT2D eigenvalue weighted by molar-refractivity contribution is 0.222. The lowest BCUT2D eigenvalue weighted by Gasteiger charge is -2.31. The molecule has 1 aromatic rings. The van der Waals surface area contributed by atoms with Crippen molar-refractivity contribution in [2.45, 2.75) is 4.90 Å². The highest BCUT2D eigenvalue weighted by Gasteiger charge is 2.29. The number of aromatic amines is 1. The SMILES string of the molecule is CN1CCN(S(=O)(=O)c2c[nH]ccc2=O)CC1. The number of hydrogen-bond donors (Lipinski definition) is 1.